The molecule has 0 radical (unpaired) electrons. The zero-order chi connectivity index (χ0) is 26.1. The average Bonchev–Trinajstić information content (AvgIpc) is 2.85. The van der Waals surface area contributed by atoms with Crippen molar-refractivity contribution in [3.8, 4) is 0 Å². The fourth-order valence-electron chi connectivity index (χ4n) is 4.61. The highest BCUT2D eigenvalue weighted by Gasteiger charge is 2.27. The number of ether oxygens (including phenoxy) is 1. The van der Waals surface area contributed by atoms with Crippen LogP contribution in [-0.2, 0) is 9.53 Å². The largest absolute Gasteiger partial charge is 0.398 e. The summed E-state index contributed by atoms with van der Waals surface area (Å²) in [6.45, 7) is 7.61. The van der Waals surface area contributed by atoms with E-state index >= 15 is 0 Å². The summed E-state index contributed by atoms with van der Waals surface area (Å²) in [5.74, 6) is 5.68. The van der Waals surface area contributed by atoms with E-state index < -0.39 is 0 Å². The molecule has 0 spiro atoms. The zero-order valence-electron chi connectivity index (χ0n) is 21.1. The average molecular weight is 491 g/mol. The lowest BCUT2D eigenvalue weighted by Gasteiger charge is -2.37. The van der Waals surface area contributed by atoms with Gasteiger partial charge in [-0.2, -0.15) is 0 Å². The quantitative estimate of drug-likeness (QED) is 0.246. The third-order valence-corrected chi connectivity index (χ3v) is 6.63. The minimum atomic E-state index is -0.317. The first-order chi connectivity index (χ1) is 17.0. The molecule has 10 nitrogen and oxygen atoms in total. The van der Waals surface area contributed by atoms with Crippen LogP contribution in [0.15, 0.2) is 53.7 Å². The number of anilines is 3. The first kappa shape index (κ1) is 25.2. The van der Waals surface area contributed by atoms with Crippen molar-refractivity contribution in [2.45, 2.75) is 33.0 Å². The van der Waals surface area contributed by atoms with Gasteiger partial charge in [0.25, 0.3) is 5.91 Å². The number of carbonyl (C=O) groups is 1. The lowest BCUT2D eigenvalue weighted by molar-refractivity contribution is -0.113. The van der Waals surface area contributed by atoms with Gasteiger partial charge in [-0.25, -0.2) is 5.84 Å². The van der Waals surface area contributed by atoms with E-state index in [1.807, 2.05) is 24.3 Å². The number of nitrogen functional groups attached to an aromatic ring is 1. The molecule has 0 aliphatic carbocycles. The fourth-order valence-corrected chi connectivity index (χ4v) is 4.61. The molecule has 1 fully saturated rings. The van der Waals surface area contributed by atoms with Crippen LogP contribution in [-0.4, -0.2) is 66.4 Å². The summed E-state index contributed by atoms with van der Waals surface area (Å²) in [5.41, 5.74) is 10.9. The maximum atomic E-state index is 13.0. The van der Waals surface area contributed by atoms with Crippen LogP contribution >= 0.6 is 0 Å². The Morgan fingerprint density at radius 1 is 1.14 bits per heavy atom. The molecule has 2 aromatic rings. The number of hydrazine groups is 1. The second-order valence-electron chi connectivity index (χ2n) is 9.42. The van der Waals surface area contributed by atoms with E-state index in [1.165, 1.54) is 5.01 Å². The molecule has 1 saturated heterocycles. The zero-order valence-corrected chi connectivity index (χ0v) is 21.1. The number of carbonyl (C=O) groups excluding carboxylic acids is 1. The Bertz CT molecular complexity index is 1230. The molecule has 0 bridgehead atoms. The van der Waals surface area contributed by atoms with Crippen molar-refractivity contribution >= 4 is 34.6 Å². The first-order valence-corrected chi connectivity index (χ1v) is 11.9. The molecule has 10 heteroatoms. The van der Waals surface area contributed by atoms with Gasteiger partial charge in [0.1, 0.15) is 0 Å². The van der Waals surface area contributed by atoms with Crippen molar-refractivity contribution in [3.05, 3.63) is 64.9 Å². The highest BCUT2D eigenvalue weighted by molar-refractivity contribution is 6.15. The highest BCUT2D eigenvalue weighted by Crippen LogP contribution is 2.26. The molecule has 2 aliphatic heterocycles. The second kappa shape index (κ2) is 10.00. The van der Waals surface area contributed by atoms with Crippen LogP contribution in [0.5, 0.6) is 0 Å². The molecule has 0 unspecified atom stereocenters. The topological polar surface area (TPSA) is 148 Å². The van der Waals surface area contributed by atoms with Crippen molar-refractivity contribution in [1.29, 1.82) is 10.8 Å². The van der Waals surface area contributed by atoms with Crippen molar-refractivity contribution in [1.82, 2.24) is 9.91 Å². The number of allylic oxidation sites excluding steroid dienone is 1. The fraction of sp³-hybridized carbons (Fsp3) is 0.346. The maximum absolute atomic E-state index is 13.0. The van der Waals surface area contributed by atoms with E-state index in [4.69, 9.17) is 27.1 Å². The van der Waals surface area contributed by atoms with Gasteiger partial charge in [-0.05, 0) is 51.1 Å². The lowest BCUT2D eigenvalue weighted by atomic mass is 9.99. The van der Waals surface area contributed by atoms with E-state index in [9.17, 15) is 4.79 Å². The molecule has 36 heavy (non-hydrogen) atoms. The summed E-state index contributed by atoms with van der Waals surface area (Å²) in [6.07, 6.45) is 0.264. The molecule has 0 saturated carbocycles. The normalized spacial score (nSPS) is 20.6. The van der Waals surface area contributed by atoms with Crippen LogP contribution in [0.3, 0.4) is 0 Å². The van der Waals surface area contributed by atoms with Gasteiger partial charge in [0.05, 0.1) is 30.0 Å². The van der Waals surface area contributed by atoms with Gasteiger partial charge in [-0.15, -0.1) is 0 Å². The van der Waals surface area contributed by atoms with Crippen LogP contribution in [0, 0.1) is 10.8 Å². The Morgan fingerprint density at radius 3 is 2.53 bits per heavy atom. The summed E-state index contributed by atoms with van der Waals surface area (Å²) in [4.78, 5) is 16.9. The third kappa shape index (κ3) is 5.05. The molecular weight excluding hydrogens is 456 g/mol. The first-order valence-electron chi connectivity index (χ1n) is 11.9. The van der Waals surface area contributed by atoms with Crippen LogP contribution in [0.2, 0.25) is 0 Å². The standard InChI is InChI=1S/C26H34N8O2/c1-15-12-33(13-16(2)36-15)20-7-5-6-18(10-20)24(28)21-11-19(8-9-23(21)27)31-25(35)22-14-34(30)26(29)32(4)17(22)3/h5-11,15-16,28-29H,12-14,27,30H2,1-4H3,(H,31,35)/t15-,16+. The van der Waals surface area contributed by atoms with E-state index in [2.05, 4.69) is 24.1 Å². The number of nitrogens with one attached hydrogen (secondary N) is 3. The van der Waals surface area contributed by atoms with Crippen molar-refractivity contribution in [3.63, 3.8) is 0 Å². The molecule has 1 amide bonds. The van der Waals surface area contributed by atoms with Crippen molar-refractivity contribution in [2.75, 3.05) is 42.6 Å². The highest BCUT2D eigenvalue weighted by atomic mass is 16.5. The van der Waals surface area contributed by atoms with Crippen LogP contribution in [0.25, 0.3) is 0 Å². The van der Waals surface area contributed by atoms with Crippen LogP contribution in [0.4, 0.5) is 17.1 Å². The molecule has 2 aromatic carbocycles. The molecule has 2 heterocycles. The van der Waals surface area contributed by atoms with Crippen molar-refractivity contribution < 1.29 is 9.53 Å². The number of rotatable bonds is 5. The van der Waals surface area contributed by atoms with Gasteiger partial charge in [0.15, 0.2) is 0 Å². The Hall–Kier alpha value is -3.89. The second-order valence-corrected chi connectivity index (χ2v) is 9.42. The van der Waals surface area contributed by atoms with Gasteiger partial charge < -0.3 is 25.6 Å². The monoisotopic (exact) mass is 490 g/mol. The van der Waals surface area contributed by atoms with Gasteiger partial charge in [-0.3, -0.25) is 20.6 Å². The minimum Gasteiger partial charge on any atom is -0.398 e. The summed E-state index contributed by atoms with van der Waals surface area (Å²) < 4.78 is 5.85. The van der Waals surface area contributed by atoms with Crippen molar-refractivity contribution in [2.24, 2.45) is 5.84 Å². The van der Waals surface area contributed by atoms with Gasteiger partial charge in [-0.1, -0.05) is 12.1 Å². The summed E-state index contributed by atoms with van der Waals surface area (Å²) >= 11 is 0. The predicted octanol–water partition coefficient (Wildman–Crippen LogP) is 2.57. The van der Waals surface area contributed by atoms with Crippen LogP contribution < -0.4 is 21.8 Å². The molecule has 2 atom stereocenters. The number of benzene rings is 2. The molecular formula is C26H34N8O2. The molecule has 0 aromatic heterocycles. The summed E-state index contributed by atoms with van der Waals surface area (Å²) in [7, 11) is 1.69. The predicted molar refractivity (Wildman–Crippen MR) is 143 cm³/mol. The molecule has 2 aliphatic rings. The van der Waals surface area contributed by atoms with E-state index in [0.717, 1.165) is 24.3 Å². The number of guanidine groups is 1. The Morgan fingerprint density at radius 2 is 1.83 bits per heavy atom. The van der Waals surface area contributed by atoms with Crippen LogP contribution in [0.1, 0.15) is 31.9 Å². The molecule has 4 rings (SSSR count). The number of amides is 1. The number of nitrogens with zero attached hydrogens (tertiary/aromatic N) is 3. The SMILES string of the molecule is CC1=C(C(=O)Nc2ccc(N)c(C(=N)c3cccc(N4C[C@@H](C)O[C@@H](C)C4)c3)c2)CN(N)C(=N)N1C. The lowest BCUT2D eigenvalue weighted by Crippen LogP contribution is -2.51. The van der Waals surface area contributed by atoms with E-state index in [1.54, 1.807) is 37.1 Å². The van der Waals surface area contributed by atoms with Gasteiger partial charge >= 0.3 is 0 Å². The number of hydrogen-bond donors (Lipinski definition) is 5. The molecule has 190 valence electrons. The van der Waals surface area contributed by atoms with Gasteiger partial charge in [0.2, 0.25) is 5.96 Å². The Kier molecular flexibility index (Phi) is 7.00. The maximum Gasteiger partial charge on any atom is 0.255 e. The van der Waals surface area contributed by atoms with E-state index in [0.29, 0.717) is 28.2 Å². The number of nitrogens with two attached hydrogens (primary N) is 2. The molecule has 7 N–H and O–H groups in total. The Labute approximate surface area is 211 Å². The minimum absolute atomic E-state index is 0.121. The van der Waals surface area contributed by atoms with E-state index in [-0.39, 0.29) is 36.3 Å². The summed E-state index contributed by atoms with van der Waals surface area (Å²) in [6, 6.07) is 13.0. The Balaban J connectivity index is 1.56. The third-order valence-electron chi connectivity index (χ3n) is 6.63. The smallest absolute Gasteiger partial charge is 0.255 e. The number of hydrogen-bond acceptors (Lipinski definition) is 7. The number of morpholine rings is 1. The van der Waals surface area contributed by atoms with Gasteiger partial charge in [0, 0.05) is 54.0 Å². The summed E-state index contributed by atoms with van der Waals surface area (Å²) in [5, 5.41) is 21.0.